The van der Waals surface area contributed by atoms with E-state index >= 15 is 0 Å². The summed E-state index contributed by atoms with van der Waals surface area (Å²) in [6, 6.07) is 18.8. The maximum atomic E-state index is 8.72. The van der Waals surface area contributed by atoms with Crippen LogP contribution in [-0.4, -0.2) is 26.3 Å². The van der Waals surface area contributed by atoms with Crippen molar-refractivity contribution in [2.75, 3.05) is 36.9 Å². The monoisotopic (exact) mass is 306 g/mol. The zero-order valence-electron chi connectivity index (χ0n) is 12.7. The molecule has 0 spiro atoms. The molecule has 2 aromatic rings. The van der Waals surface area contributed by atoms with Gasteiger partial charge in [-0.3, -0.25) is 0 Å². The number of nitrogens with zero attached hydrogens (tertiary/aromatic N) is 2. The third kappa shape index (κ3) is 5.70. The third-order valence-corrected chi connectivity index (χ3v) is 3.18. The summed E-state index contributed by atoms with van der Waals surface area (Å²) in [4.78, 5) is 0. The first-order valence-corrected chi connectivity index (χ1v) is 7.37. The first-order valence-electron chi connectivity index (χ1n) is 7.37. The van der Waals surface area contributed by atoms with E-state index in [0.29, 0.717) is 37.4 Å². The second-order valence-electron chi connectivity index (χ2n) is 4.84. The Hall–Kier alpha value is -3.02. The number of rotatable bonds is 8. The molecule has 0 heterocycles. The molecule has 0 radical (unpaired) electrons. The molecule has 5 heteroatoms. The Kier molecular flexibility index (Phi) is 6.46. The second-order valence-corrected chi connectivity index (χ2v) is 4.84. The van der Waals surface area contributed by atoms with E-state index in [0.717, 1.165) is 11.4 Å². The van der Waals surface area contributed by atoms with E-state index in [1.807, 2.05) is 24.3 Å². The summed E-state index contributed by atoms with van der Waals surface area (Å²) in [5, 5.41) is 23.9. The fraction of sp³-hybridized carbons (Fsp3) is 0.222. The van der Waals surface area contributed by atoms with Crippen molar-refractivity contribution in [3.8, 4) is 12.1 Å². The Labute approximate surface area is 136 Å². The van der Waals surface area contributed by atoms with Crippen molar-refractivity contribution in [2.45, 2.75) is 0 Å². The minimum absolute atomic E-state index is 0.606. The molecule has 0 aliphatic carbocycles. The number of ether oxygens (including phenoxy) is 1. The van der Waals surface area contributed by atoms with Crippen molar-refractivity contribution in [1.29, 1.82) is 10.5 Å². The zero-order valence-corrected chi connectivity index (χ0v) is 12.7. The van der Waals surface area contributed by atoms with Crippen molar-refractivity contribution in [1.82, 2.24) is 0 Å². The van der Waals surface area contributed by atoms with Gasteiger partial charge in [0.1, 0.15) is 0 Å². The highest BCUT2D eigenvalue weighted by Crippen LogP contribution is 2.09. The highest BCUT2D eigenvalue weighted by Gasteiger charge is 1.95. The van der Waals surface area contributed by atoms with E-state index in [1.54, 1.807) is 24.3 Å². The predicted molar refractivity (Wildman–Crippen MR) is 90.1 cm³/mol. The summed E-state index contributed by atoms with van der Waals surface area (Å²) < 4.78 is 5.54. The van der Waals surface area contributed by atoms with Crippen molar-refractivity contribution >= 4 is 11.4 Å². The number of benzene rings is 2. The van der Waals surface area contributed by atoms with Crippen LogP contribution in [0.25, 0.3) is 0 Å². The lowest BCUT2D eigenvalue weighted by molar-refractivity contribution is 0.154. The fourth-order valence-electron chi connectivity index (χ4n) is 1.96. The van der Waals surface area contributed by atoms with E-state index in [2.05, 4.69) is 22.8 Å². The standard InChI is InChI=1S/C18H18N4O/c19-13-15-1-5-17(6-2-15)21-9-11-23-12-10-22-18-7-3-16(14-20)4-8-18/h1-8,21-22H,9-12H2. The number of nitrogens with one attached hydrogen (secondary N) is 2. The Balaban J connectivity index is 1.55. The first-order chi connectivity index (χ1) is 11.3. The van der Waals surface area contributed by atoms with Gasteiger partial charge in [-0.05, 0) is 48.5 Å². The second kappa shape index (κ2) is 9.09. The molecule has 0 aliphatic heterocycles. The molecule has 0 aromatic heterocycles. The SMILES string of the molecule is N#Cc1ccc(NCCOCCNc2ccc(C#N)cc2)cc1. The Morgan fingerprint density at radius 1 is 0.696 bits per heavy atom. The van der Waals surface area contributed by atoms with Gasteiger partial charge in [0.2, 0.25) is 0 Å². The number of hydrogen-bond acceptors (Lipinski definition) is 5. The summed E-state index contributed by atoms with van der Waals surface area (Å²) in [6.45, 7) is 2.63. The number of anilines is 2. The lowest BCUT2D eigenvalue weighted by Crippen LogP contribution is -2.14. The molecule has 5 nitrogen and oxygen atoms in total. The largest absolute Gasteiger partial charge is 0.383 e. The molecule has 0 aliphatic rings. The Morgan fingerprint density at radius 2 is 1.09 bits per heavy atom. The molecule has 0 fully saturated rings. The quantitative estimate of drug-likeness (QED) is 0.733. The van der Waals surface area contributed by atoms with E-state index in [1.165, 1.54) is 0 Å². The van der Waals surface area contributed by atoms with Crippen LogP contribution in [0, 0.1) is 22.7 Å². The summed E-state index contributed by atoms with van der Waals surface area (Å²) >= 11 is 0. The predicted octanol–water partition coefficient (Wildman–Crippen LogP) is 2.97. The average molecular weight is 306 g/mol. The normalized spacial score (nSPS) is 9.65. The molecule has 23 heavy (non-hydrogen) atoms. The molecule has 2 N–H and O–H groups in total. The van der Waals surface area contributed by atoms with Crippen LogP contribution in [0.1, 0.15) is 11.1 Å². The summed E-state index contributed by atoms with van der Waals surface area (Å²) in [7, 11) is 0. The molecule has 0 saturated carbocycles. The number of hydrogen-bond donors (Lipinski definition) is 2. The van der Waals surface area contributed by atoms with Gasteiger partial charge >= 0.3 is 0 Å². The van der Waals surface area contributed by atoms with Crippen molar-refractivity contribution in [3.05, 3.63) is 59.7 Å². The van der Waals surface area contributed by atoms with E-state index in [9.17, 15) is 0 Å². The molecule has 2 rings (SSSR count). The van der Waals surface area contributed by atoms with Gasteiger partial charge in [0.15, 0.2) is 0 Å². The molecule has 116 valence electrons. The maximum absolute atomic E-state index is 8.72. The van der Waals surface area contributed by atoms with Crippen molar-refractivity contribution in [2.24, 2.45) is 0 Å². The van der Waals surface area contributed by atoms with Gasteiger partial charge in [0.25, 0.3) is 0 Å². The van der Waals surface area contributed by atoms with Gasteiger partial charge in [0.05, 0.1) is 36.5 Å². The van der Waals surface area contributed by atoms with Gasteiger partial charge in [-0.1, -0.05) is 0 Å². The van der Waals surface area contributed by atoms with Crippen LogP contribution in [0.5, 0.6) is 0 Å². The van der Waals surface area contributed by atoms with Gasteiger partial charge in [-0.2, -0.15) is 10.5 Å². The molecule has 0 amide bonds. The molecule has 2 aromatic carbocycles. The van der Waals surface area contributed by atoms with Crippen LogP contribution in [0.2, 0.25) is 0 Å². The van der Waals surface area contributed by atoms with E-state index in [4.69, 9.17) is 15.3 Å². The van der Waals surface area contributed by atoms with Gasteiger partial charge in [0, 0.05) is 24.5 Å². The fourth-order valence-corrected chi connectivity index (χ4v) is 1.96. The molecule has 0 atom stereocenters. The van der Waals surface area contributed by atoms with Gasteiger partial charge in [-0.25, -0.2) is 0 Å². The van der Waals surface area contributed by atoms with Crippen LogP contribution < -0.4 is 10.6 Å². The van der Waals surface area contributed by atoms with Crippen molar-refractivity contribution < 1.29 is 4.74 Å². The van der Waals surface area contributed by atoms with Crippen molar-refractivity contribution in [3.63, 3.8) is 0 Å². The Morgan fingerprint density at radius 3 is 1.43 bits per heavy atom. The molecular weight excluding hydrogens is 288 g/mol. The maximum Gasteiger partial charge on any atom is 0.0991 e. The van der Waals surface area contributed by atoms with Crippen LogP contribution in [0.15, 0.2) is 48.5 Å². The van der Waals surface area contributed by atoms with Crippen LogP contribution >= 0.6 is 0 Å². The zero-order chi connectivity index (χ0) is 16.3. The van der Waals surface area contributed by atoms with E-state index < -0.39 is 0 Å². The minimum atomic E-state index is 0.606. The average Bonchev–Trinajstić information content (AvgIpc) is 2.62. The third-order valence-electron chi connectivity index (χ3n) is 3.18. The molecule has 0 unspecified atom stereocenters. The minimum Gasteiger partial charge on any atom is -0.383 e. The topological polar surface area (TPSA) is 80.9 Å². The number of nitriles is 2. The molecule has 0 bridgehead atoms. The molecular formula is C18H18N4O. The van der Waals surface area contributed by atoms with Gasteiger partial charge in [-0.15, -0.1) is 0 Å². The molecule has 0 saturated heterocycles. The Bertz CT molecular complexity index is 619. The highest BCUT2D eigenvalue weighted by atomic mass is 16.5. The highest BCUT2D eigenvalue weighted by molar-refractivity contribution is 5.47. The smallest absolute Gasteiger partial charge is 0.0991 e. The first kappa shape index (κ1) is 16.4. The van der Waals surface area contributed by atoms with Gasteiger partial charge < -0.3 is 15.4 Å². The van der Waals surface area contributed by atoms with Crippen LogP contribution in [-0.2, 0) is 4.74 Å². The van der Waals surface area contributed by atoms with Crippen LogP contribution in [0.4, 0.5) is 11.4 Å². The summed E-state index contributed by atoms with van der Waals surface area (Å²) in [6.07, 6.45) is 0. The lowest BCUT2D eigenvalue weighted by atomic mass is 10.2. The summed E-state index contributed by atoms with van der Waals surface area (Å²) in [5.41, 5.74) is 3.26. The lowest BCUT2D eigenvalue weighted by Gasteiger charge is -2.09. The van der Waals surface area contributed by atoms with Crippen LogP contribution in [0.3, 0.4) is 0 Å². The summed E-state index contributed by atoms with van der Waals surface area (Å²) in [5.74, 6) is 0. The van der Waals surface area contributed by atoms with E-state index in [-0.39, 0.29) is 0 Å².